The van der Waals surface area contributed by atoms with Crippen LogP contribution in [-0.2, 0) is 0 Å². The predicted molar refractivity (Wildman–Crippen MR) is 83.4 cm³/mol. The summed E-state index contributed by atoms with van der Waals surface area (Å²) in [7, 11) is 0. The van der Waals surface area contributed by atoms with Gasteiger partial charge in [-0.25, -0.2) is 0 Å². The number of carbonyl (C=O) groups excluding carboxylic acids is 1. The number of benzene rings is 2. The molecule has 0 saturated carbocycles. The maximum absolute atomic E-state index is 12.0. The highest BCUT2D eigenvalue weighted by Crippen LogP contribution is 2.13. The van der Waals surface area contributed by atoms with Crippen LogP contribution in [0.3, 0.4) is 0 Å². The molecule has 0 bridgehead atoms. The lowest BCUT2D eigenvalue weighted by Gasteiger charge is -2.05. The molecule has 0 saturated heterocycles. The van der Waals surface area contributed by atoms with Gasteiger partial charge in [-0.1, -0.05) is 36.4 Å². The van der Waals surface area contributed by atoms with Crippen LogP contribution in [0, 0.1) is 0 Å². The van der Waals surface area contributed by atoms with Crippen LogP contribution in [0.4, 0.5) is 0 Å². The van der Waals surface area contributed by atoms with Gasteiger partial charge in [0.05, 0.1) is 6.61 Å². The third kappa shape index (κ3) is 4.89. The molecular formula is C18H18O3. The largest absolute Gasteiger partial charge is 0.494 e. The van der Waals surface area contributed by atoms with Crippen molar-refractivity contribution in [3.63, 3.8) is 0 Å². The Bertz CT molecular complexity index is 586. The van der Waals surface area contributed by atoms with E-state index in [1.54, 1.807) is 36.4 Å². The number of aliphatic hydroxyl groups is 1. The van der Waals surface area contributed by atoms with E-state index in [2.05, 4.69) is 0 Å². The molecule has 2 aromatic carbocycles. The molecule has 0 amide bonds. The lowest BCUT2D eigenvalue weighted by atomic mass is 10.1. The summed E-state index contributed by atoms with van der Waals surface area (Å²) in [4.78, 5) is 12.0. The summed E-state index contributed by atoms with van der Waals surface area (Å²) in [5.74, 6) is 0.660. The van der Waals surface area contributed by atoms with Crippen molar-refractivity contribution < 1.29 is 14.6 Å². The van der Waals surface area contributed by atoms with E-state index in [0.29, 0.717) is 24.3 Å². The average Bonchev–Trinajstić information content (AvgIpc) is 2.54. The topological polar surface area (TPSA) is 46.5 Å². The number of allylic oxidation sites excluding steroid dienone is 1. The molecule has 3 heteroatoms. The molecule has 0 unspecified atom stereocenters. The van der Waals surface area contributed by atoms with E-state index < -0.39 is 0 Å². The summed E-state index contributed by atoms with van der Waals surface area (Å²) in [6.45, 7) is 0.582. The summed E-state index contributed by atoms with van der Waals surface area (Å²) in [6, 6.07) is 16.7. The third-order valence-electron chi connectivity index (χ3n) is 2.94. The molecule has 0 aliphatic carbocycles. The first-order valence-corrected chi connectivity index (χ1v) is 6.91. The molecule has 0 fully saturated rings. The molecule has 0 aliphatic rings. The summed E-state index contributed by atoms with van der Waals surface area (Å²) in [6.07, 6.45) is 3.96. The number of hydrogen-bond donors (Lipinski definition) is 1. The molecule has 0 spiro atoms. The number of aliphatic hydroxyl groups excluding tert-OH is 1. The van der Waals surface area contributed by atoms with Crippen LogP contribution in [0.2, 0.25) is 0 Å². The van der Waals surface area contributed by atoms with Gasteiger partial charge in [-0.15, -0.1) is 0 Å². The van der Waals surface area contributed by atoms with Gasteiger partial charge >= 0.3 is 0 Å². The van der Waals surface area contributed by atoms with Gasteiger partial charge in [0, 0.05) is 18.6 Å². The molecule has 0 heterocycles. The summed E-state index contributed by atoms with van der Waals surface area (Å²) < 4.78 is 5.42. The SMILES string of the molecule is O=C(/C=C/c1ccccc1)c1ccc(OCCCO)cc1. The predicted octanol–water partition coefficient (Wildman–Crippen LogP) is 3.34. The van der Waals surface area contributed by atoms with Gasteiger partial charge in [0.25, 0.3) is 0 Å². The standard InChI is InChI=1S/C18H18O3/c19-13-4-14-21-17-10-8-16(9-11-17)18(20)12-7-15-5-2-1-3-6-15/h1-3,5-12,19H,4,13-14H2/b12-7+. The Labute approximate surface area is 124 Å². The lowest BCUT2D eigenvalue weighted by molar-refractivity contribution is 0.104. The van der Waals surface area contributed by atoms with E-state index in [4.69, 9.17) is 9.84 Å². The zero-order chi connectivity index (χ0) is 14.9. The third-order valence-corrected chi connectivity index (χ3v) is 2.94. The van der Waals surface area contributed by atoms with Gasteiger partial charge in [0.15, 0.2) is 5.78 Å². The second kappa shape index (κ2) is 8.02. The van der Waals surface area contributed by atoms with Crippen molar-refractivity contribution in [1.29, 1.82) is 0 Å². The van der Waals surface area contributed by atoms with Crippen molar-refractivity contribution in [1.82, 2.24) is 0 Å². The average molecular weight is 282 g/mol. The van der Waals surface area contributed by atoms with Crippen molar-refractivity contribution in [2.24, 2.45) is 0 Å². The molecule has 3 nitrogen and oxygen atoms in total. The highest BCUT2D eigenvalue weighted by Gasteiger charge is 2.02. The molecule has 0 atom stereocenters. The van der Waals surface area contributed by atoms with Crippen molar-refractivity contribution in [2.75, 3.05) is 13.2 Å². The number of ether oxygens (including phenoxy) is 1. The lowest BCUT2D eigenvalue weighted by Crippen LogP contribution is -2.00. The van der Waals surface area contributed by atoms with E-state index >= 15 is 0 Å². The Balaban J connectivity index is 1.95. The minimum absolute atomic E-state index is 0.0410. The van der Waals surface area contributed by atoms with Gasteiger partial charge < -0.3 is 9.84 Å². The first-order chi connectivity index (χ1) is 10.3. The zero-order valence-corrected chi connectivity index (χ0v) is 11.7. The van der Waals surface area contributed by atoms with Crippen LogP contribution in [-0.4, -0.2) is 24.1 Å². The fourth-order valence-electron chi connectivity index (χ4n) is 1.80. The van der Waals surface area contributed by atoms with Crippen LogP contribution in [0.1, 0.15) is 22.3 Å². The number of rotatable bonds is 7. The number of ketones is 1. The van der Waals surface area contributed by atoms with Crippen LogP contribution >= 0.6 is 0 Å². The van der Waals surface area contributed by atoms with Gasteiger partial charge in [0.2, 0.25) is 0 Å². The Kier molecular flexibility index (Phi) is 5.73. The maximum atomic E-state index is 12.0. The summed E-state index contributed by atoms with van der Waals surface area (Å²) in [5, 5.41) is 8.68. The van der Waals surface area contributed by atoms with Crippen LogP contribution < -0.4 is 4.74 Å². The monoisotopic (exact) mass is 282 g/mol. The zero-order valence-electron chi connectivity index (χ0n) is 11.7. The van der Waals surface area contributed by atoms with Gasteiger partial charge in [0.1, 0.15) is 5.75 Å². The first-order valence-electron chi connectivity index (χ1n) is 6.91. The van der Waals surface area contributed by atoms with E-state index in [-0.39, 0.29) is 12.4 Å². The molecular weight excluding hydrogens is 264 g/mol. The Morgan fingerprint density at radius 2 is 1.76 bits per heavy atom. The minimum Gasteiger partial charge on any atom is -0.494 e. The van der Waals surface area contributed by atoms with Gasteiger partial charge in [-0.3, -0.25) is 4.79 Å². The Morgan fingerprint density at radius 1 is 1.05 bits per heavy atom. The highest BCUT2D eigenvalue weighted by molar-refractivity contribution is 6.06. The first kappa shape index (κ1) is 15.0. The number of carbonyl (C=O) groups is 1. The molecule has 0 aromatic heterocycles. The Hall–Kier alpha value is -2.39. The second-order valence-electron chi connectivity index (χ2n) is 4.56. The van der Waals surface area contributed by atoms with Crippen molar-refractivity contribution in [3.8, 4) is 5.75 Å². The van der Waals surface area contributed by atoms with E-state index in [1.165, 1.54) is 0 Å². The highest BCUT2D eigenvalue weighted by atomic mass is 16.5. The fraction of sp³-hybridized carbons (Fsp3) is 0.167. The smallest absolute Gasteiger partial charge is 0.185 e. The molecule has 108 valence electrons. The summed E-state index contributed by atoms with van der Waals surface area (Å²) >= 11 is 0. The molecule has 2 rings (SSSR count). The fourth-order valence-corrected chi connectivity index (χ4v) is 1.80. The van der Waals surface area contributed by atoms with E-state index in [1.807, 2.05) is 30.3 Å². The minimum atomic E-state index is -0.0410. The van der Waals surface area contributed by atoms with Crippen molar-refractivity contribution in [2.45, 2.75) is 6.42 Å². The van der Waals surface area contributed by atoms with Crippen LogP contribution in [0.25, 0.3) is 6.08 Å². The quantitative estimate of drug-likeness (QED) is 0.481. The van der Waals surface area contributed by atoms with Gasteiger partial charge in [-0.2, -0.15) is 0 Å². The Morgan fingerprint density at radius 3 is 2.43 bits per heavy atom. The molecule has 2 aromatic rings. The second-order valence-corrected chi connectivity index (χ2v) is 4.56. The molecule has 21 heavy (non-hydrogen) atoms. The van der Waals surface area contributed by atoms with E-state index in [0.717, 1.165) is 5.56 Å². The normalized spacial score (nSPS) is 10.7. The maximum Gasteiger partial charge on any atom is 0.185 e. The van der Waals surface area contributed by atoms with Crippen LogP contribution in [0.15, 0.2) is 60.7 Å². The molecule has 1 N–H and O–H groups in total. The number of hydrogen-bond acceptors (Lipinski definition) is 3. The van der Waals surface area contributed by atoms with E-state index in [9.17, 15) is 4.79 Å². The van der Waals surface area contributed by atoms with Crippen LogP contribution in [0.5, 0.6) is 5.75 Å². The van der Waals surface area contributed by atoms with Crippen molar-refractivity contribution >= 4 is 11.9 Å². The summed E-state index contributed by atoms with van der Waals surface area (Å²) in [5.41, 5.74) is 1.62. The molecule has 0 aliphatic heterocycles. The van der Waals surface area contributed by atoms with Crippen molar-refractivity contribution in [3.05, 3.63) is 71.8 Å². The molecule has 0 radical (unpaired) electrons. The van der Waals surface area contributed by atoms with Gasteiger partial charge in [-0.05, 0) is 35.9 Å².